The van der Waals surface area contributed by atoms with Gasteiger partial charge in [0.25, 0.3) is 0 Å². The quantitative estimate of drug-likeness (QED) is 0.638. The summed E-state index contributed by atoms with van der Waals surface area (Å²) in [5, 5.41) is 6.32. The highest BCUT2D eigenvalue weighted by Crippen LogP contribution is 2.34. The maximum atomic E-state index is 13.1. The smallest absolute Gasteiger partial charge is 0.174 e. The van der Waals surface area contributed by atoms with Crippen molar-refractivity contribution in [1.82, 2.24) is 0 Å². The fourth-order valence-electron chi connectivity index (χ4n) is 2.46. The normalized spacial score (nSPS) is 27.6. The zero-order valence-electron chi connectivity index (χ0n) is 8.81. The van der Waals surface area contributed by atoms with Gasteiger partial charge in [0.2, 0.25) is 0 Å². The minimum Gasteiger partial charge on any atom is -0.382 e. The summed E-state index contributed by atoms with van der Waals surface area (Å²) >= 11 is 0. The Kier molecular flexibility index (Phi) is 1.87. The first-order chi connectivity index (χ1) is 7.22. The summed E-state index contributed by atoms with van der Waals surface area (Å²) in [6.45, 7) is 2.19. The monoisotopic (exact) mass is 206 g/mol. The van der Waals surface area contributed by atoms with Gasteiger partial charge in [0.15, 0.2) is 6.30 Å². The summed E-state index contributed by atoms with van der Waals surface area (Å²) in [4.78, 5) is 0. The first-order valence-electron chi connectivity index (χ1n) is 5.55. The van der Waals surface area contributed by atoms with Crippen molar-refractivity contribution in [2.75, 3.05) is 10.6 Å². The second kappa shape index (κ2) is 3.12. The van der Waals surface area contributed by atoms with Gasteiger partial charge >= 0.3 is 0 Å². The first kappa shape index (κ1) is 9.01. The number of rotatable bonds is 0. The molecule has 0 aromatic heterocycles. The summed E-state index contributed by atoms with van der Waals surface area (Å²) in [7, 11) is 0. The Morgan fingerprint density at radius 1 is 1.20 bits per heavy atom. The highest BCUT2D eigenvalue weighted by molar-refractivity contribution is 5.68. The van der Waals surface area contributed by atoms with Crippen LogP contribution in [0.2, 0.25) is 0 Å². The van der Waals surface area contributed by atoms with E-state index in [0.717, 1.165) is 24.1 Å². The molecule has 2 nitrogen and oxygen atoms in total. The van der Waals surface area contributed by atoms with Crippen molar-refractivity contribution in [3.05, 3.63) is 23.3 Å². The molecule has 0 bridgehead atoms. The molecule has 2 aliphatic rings. The molecule has 1 aromatic rings. The van der Waals surface area contributed by atoms with Gasteiger partial charge < -0.3 is 10.6 Å². The molecular formula is C12H15FN2. The van der Waals surface area contributed by atoms with Crippen molar-refractivity contribution < 1.29 is 4.39 Å². The SMILES string of the molecule is CC1CCc2cc3c(cc2N1)CC(F)N3. The second-order valence-electron chi connectivity index (χ2n) is 4.57. The zero-order chi connectivity index (χ0) is 10.4. The Bertz CT molecular complexity index is 403. The van der Waals surface area contributed by atoms with Crippen LogP contribution >= 0.6 is 0 Å². The summed E-state index contributed by atoms with van der Waals surface area (Å²) < 4.78 is 13.1. The Morgan fingerprint density at radius 2 is 1.93 bits per heavy atom. The molecule has 3 rings (SSSR count). The average Bonchev–Trinajstić information content (AvgIpc) is 2.53. The molecular weight excluding hydrogens is 191 g/mol. The number of fused-ring (bicyclic) bond motifs is 2. The molecule has 2 atom stereocenters. The lowest BCUT2D eigenvalue weighted by Gasteiger charge is -2.24. The van der Waals surface area contributed by atoms with Gasteiger partial charge in [0.05, 0.1) is 0 Å². The van der Waals surface area contributed by atoms with E-state index in [-0.39, 0.29) is 0 Å². The molecule has 0 aliphatic carbocycles. The second-order valence-corrected chi connectivity index (χ2v) is 4.57. The summed E-state index contributed by atoms with van der Waals surface area (Å²) in [6.07, 6.45) is 1.85. The lowest BCUT2D eigenvalue weighted by atomic mass is 9.96. The van der Waals surface area contributed by atoms with Crippen molar-refractivity contribution in [1.29, 1.82) is 0 Å². The number of hydrogen-bond acceptors (Lipinski definition) is 2. The molecule has 80 valence electrons. The van der Waals surface area contributed by atoms with E-state index in [1.807, 2.05) is 0 Å². The van der Waals surface area contributed by atoms with Crippen LogP contribution in [0.1, 0.15) is 24.5 Å². The minimum absolute atomic E-state index is 0.499. The van der Waals surface area contributed by atoms with Gasteiger partial charge in [0, 0.05) is 23.8 Å². The van der Waals surface area contributed by atoms with E-state index >= 15 is 0 Å². The molecule has 0 spiro atoms. The third-order valence-electron chi connectivity index (χ3n) is 3.29. The van der Waals surface area contributed by atoms with Crippen LogP contribution < -0.4 is 10.6 Å². The molecule has 2 N–H and O–H groups in total. The minimum atomic E-state index is -0.902. The van der Waals surface area contributed by atoms with E-state index in [1.54, 1.807) is 0 Å². The predicted molar refractivity (Wildman–Crippen MR) is 60.1 cm³/mol. The predicted octanol–water partition coefficient (Wildman–Crippen LogP) is 2.70. The van der Waals surface area contributed by atoms with Gasteiger partial charge in [-0.15, -0.1) is 0 Å². The van der Waals surface area contributed by atoms with Gasteiger partial charge in [-0.05, 0) is 43.0 Å². The van der Waals surface area contributed by atoms with E-state index < -0.39 is 6.30 Å². The zero-order valence-corrected chi connectivity index (χ0v) is 8.81. The third-order valence-corrected chi connectivity index (χ3v) is 3.29. The molecule has 0 fully saturated rings. The topological polar surface area (TPSA) is 24.1 Å². The van der Waals surface area contributed by atoms with Crippen LogP contribution in [-0.4, -0.2) is 12.3 Å². The molecule has 2 aliphatic heterocycles. The van der Waals surface area contributed by atoms with Crippen molar-refractivity contribution in [2.24, 2.45) is 0 Å². The van der Waals surface area contributed by atoms with Crippen LogP contribution in [0.25, 0.3) is 0 Å². The van der Waals surface area contributed by atoms with Gasteiger partial charge in [-0.1, -0.05) is 0 Å². The lowest BCUT2D eigenvalue weighted by molar-refractivity contribution is 0.384. The number of alkyl halides is 1. The van der Waals surface area contributed by atoms with Crippen molar-refractivity contribution >= 4 is 11.4 Å². The number of nitrogens with one attached hydrogen (secondary N) is 2. The maximum absolute atomic E-state index is 13.1. The summed E-state index contributed by atoms with van der Waals surface area (Å²) in [5.41, 5.74) is 4.59. The number of benzene rings is 1. The van der Waals surface area contributed by atoms with Crippen LogP contribution in [0, 0.1) is 0 Å². The van der Waals surface area contributed by atoms with Gasteiger partial charge in [0.1, 0.15) is 0 Å². The highest BCUT2D eigenvalue weighted by atomic mass is 19.1. The summed E-state index contributed by atoms with van der Waals surface area (Å²) in [6, 6.07) is 4.74. The number of halogens is 1. The van der Waals surface area contributed by atoms with Gasteiger partial charge in [-0.2, -0.15) is 0 Å². The van der Waals surface area contributed by atoms with Crippen molar-refractivity contribution in [2.45, 2.75) is 38.5 Å². The Hall–Kier alpha value is -1.25. The lowest BCUT2D eigenvalue weighted by Crippen LogP contribution is -2.21. The Balaban J connectivity index is 2.02. The first-order valence-corrected chi connectivity index (χ1v) is 5.55. The third kappa shape index (κ3) is 1.46. The molecule has 0 saturated carbocycles. The van der Waals surface area contributed by atoms with Crippen LogP contribution in [-0.2, 0) is 12.8 Å². The fourth-order valence-corrected chi connectivity index (χ4v) is 2.46. The molecule has 0 saturated heterocycles. The van der Waals surface area contributed by atoms with Crippen molar-refractivity contribution in [3.63, 3.8) is 0 Å². The van der Waals surface area contributed by atoms with Crippen molar-refractivity contribution in [3.8, 4) is 0 Å². The van der Waals surface area contributed by atoms with Crippen LogP contribution in [0.5, 0.6) is 0 Å². The number of hydrogen-bond donors (Lipinski definition) is 2. The van der Waals surface area contributed by atoms with E-state index in [4.69, 9.17) is 0 Å². The molecule has 15 heavy (non-hydrogen) atoms. The summed E-state index contributed by atoms with van der Waals surface area (Å²) in [5.74, 6) is 0. The van der Waals surface area contributed by atoms with Crippen LogP contribution in [0.3, 0.4) is 0 Å². The number of aryl methyl sites for hydroxylation is 1. The molecule has 2 heterocycles. The largest absolute Gasteiger partial charge is 0.382 e. The molecule has 0 amide bonds. The van der Waals surface area contributed by atoms with Crippen LogP contribution in [0.4, 0.5) is 15.8 Å². The fraction of sp³-hybridized carbons (Fsp3) is 0.500. The average molecular weight is 206 g/mol. The standard InChI is InChI=1S/C12H15FN2/c1-7-2-3-8-4-11-9(5-10(8)14-7)6-12(13)15-11/h4-5,7,12,14-15H,2-3,6H2,1H3. The van der Waals surface area contributed by atoms with E-state index in [1.165, 1.54) is 11.3 Å². The highest BCUT2D eigenvalue weighted by Gasteiger charge is 2.23. The molecule has 1 aromatic carbocycles. The Labute approximate surface area is 88.9 Å². The maximum Gasteiger partial charge on any atom is 0.174 e. The van der Waals surface area contributed by atoms with E-state index in [0.29, 0.717) is 12.5 Å². The van der Waals surface area contributed by atoms with E-state index in [9.17, 15) is 4.39 Å². The van der Waals surface area contributed by atoms with Gasteiger partial charge in [-0.3, -0.25) is 0 Å². The molecule has 0 radical (unpaired) electrons. The van der Waals surface area contributed by atoms with Gasteiger partial charge in [-0.25, -0.2) is 4.39 Å². The number of anilines is 2. The molecule has 3 heteroatoms. The molecule has 2 unspecified atom stereocenters. The Morgan fingerprint density at radius 3 is 2.80 bits per heavy atom. The van der Waals surface area contributed by atoms with Crippen LogP contribution in [0.15, 0.2) is 12.1 Å². The van der Waals surface area contributed by atoms with E-state index in [2.05, 4.69) is 29.7 Å².